The Bertz CT molecular complexity index is 1690. The molecular formula is C35H49N5O9S. The summed E-state index contributed by atoms with van der Waals surface area (Å²) in [6.07, 6.45) is 1.50. The maximum absolute atomic E-state index is 14.4. The van der Waals surface area contributed by atoms with E-state index in [4.69, 9.17) is 18.7 Å². The van der Waals surface area contributed by atoms with Gasteiger partial charge in [-0.05, 0) is 89.4 Å². The topological polar surface area (TPSA) is 173 Å². The van der Waals surface area contributed by atoms with Crippen LogP contribution in [0.1, 0.15) is 61.8 Å². The molecule has 4 rings (SSSR count). The van der Waals surface area contributed by atoms with E-state index in [2.05, 4.69) is 15.2 Å². The van der Waals surface area contributed by atoms with Gasteiger partial charge in [0.15, 0.2) is 5.76 Å². The van der Waals surface area contributed by atoms with Crippen molar-refractivity contribution in [3.05, 3.63) is 59.5 Å². The number of amides is 3. The van der Waals surface area contributed by atoms with Crippen molar-refractivity contribution < 1.29 is 41.8 Å². The van der Waals surface area contributed by atoms with E-state index in [9.17, 15) is 23.1 Å². The molecule has 0 radical (unpaired) electrons. The molecule has 2 aromatic carbocycles. The summed E-state index contributed by atoms with van der Waals surface area (Å²) in [5.74, 6) is 0.572. The van der Waals surface area contributed by atoms with Gasteiger partial charge in [-0.3, -0.25) is 9.52 Å². The number of urea groups is 1. The molecule has 0 saturated carbocycles. The number of methoxy groups -OCH3 is 1. The van der Waals surface area contributed by atoms with E-state index in [1.54, 1.807) is 52.1 Å². The quantitative estimate of drug-likeness (QED) is 0.272. The van der Waals surface area contributed by atoms with E-state index in [-0.39, 0.29) is 53.9 Å². The number of aryl methyl sites for hydroxylation is 2. The zero-order valence-electron chi connectivity index (χ0n) is 29.8. The fourth-order valence-corrected chi connectivity index (χ4v) is 6.68. The fourth-order valence-electron chi connectivity index (χ4n) is 5.63. The van der Waals surface area contributed by atoms with Gasteiger partial charge in [0.25, 0.3) is 15.9 Å². The Morgan fingerprint density at radius 1 is 1.16 bits per heavy atom. The summed E-state index contributed by atoms with van der Waals surface area (Å²) < 4.78 is 52.0. The van der Waals surface area contributed by atoms with E-state index in [1.165, 1.54) is 35.1 Å². The van der Waals surface area contributed by atoms with E-state index < -0.39 is 28.1 Å². The molecule has 15 heteroatoms. The number of carbonyl (C=O) groups excluding carboxylic acids is 2. The zero-order valence-corrected chi connectivity index (χ0v) is 30.6. The molecule has 3 aromatic rings. The Kier molecular flexibility index (Phi) is 13.1. The molecule has 50 heavy (non-hydrogen) atoms. The van der Waals surface area contributed by atoms with Gasteiger partial charge in [-0.1, -0.05) is 12.1 Å². The lowest BCUT2D eigenvalue weighted by molar-refractivity contribution is -0.0115. The summed E-state index contributed by atoms with van der Waals surface area (Å²) in [4.78, 5) is 30.7. The molecule has 3 N–H and O–H groups in total. The number of anilines is 2. The second kappa shape index (κ2) is 17.1. The van der Waals surface area contributed by atoms with Crippen LogP contribution in [0.2, 0.25) is 0 Å². The Balaban J connectivity index is 1.63. The average molecular weight is 716 g/mol. The number of fused-ring (bicyclic) bond motifs is 1. The number of rotatable bonds is 9. The van der Waals surface area contributed by atoms with Gasteiger partial charge in [0.1, 0.15) is 22.9 Å². The highest BCUT2D eigenvalue weighted by Crippen LogP contribution is 2.30. The Hall–Kier alpha value is -4.34. The first kappa shape index (κ1) is 38.5. The summed E-state index contributed by atoms with van der Waals surface area (Å²) in [5, 5.41) is 17.0. The number of aromatic nitrogens is 1. The van der Waals surface area contributed by atoms with Gasteiger partial charge in [0.2, 0.25) is 0 Å². The van der Waals surface area contributed by atoms with Crippen LogP contribution in [-0.2, 0) is 14.8 Å². The van der Waals surface area contributed by atoms with E-state index in [1.807, 2.05) is 13.8 Å². The first-order valence-corrected chi connectivity index (χ1v) is 18.2. The summed E-state index contributed by atoms with van der Waals surface area (Å²) in [6.45, 7) is 9.54. The molecule has 4 atom stereocenters. The molecule has 274 valence electrons. The highest BCUT2D eigenvalue weighted by atomic mass is 32.2. The molecule has 14 nitrogen and oxygen atoms in total. The number of aliphatic hydroxyl groups is 1. The molecule has 1 aliphatic rings. The maximum atomic E-state index is 14.4. The molecule has 1 aliphatic heterocycles. The normalized spacial score (nSPS) is 19.8. The van der Waals surface area contributed by atoms with Crippen LogP contribution in [-0.4, -0.2) is 99.1 Å². The standard InChI is InChI=1S/C35H49N5O9S/c1-22-19-40(23(2)21-41)34(42)30-18-27(38-50(44,45)29-14-12-28(46-7)13-15-29)11-16-31(30)48-24(3)10-8-9-17-47-32(22)20-39(6)35(43)36-33-25(4)37-49-26(33)5/h11-16,18,22-24,32,38,41H,8-10,17,19-21H2,1-7H3,(H,36,43)/t22-,23+,24+,32+/m1/s1. The van der Waals surface area contributed by atoms with Crippen LogP contribution in [0.3, 0.4) is 0 Å². The van der Waals surface area contributed by atoms with Crippen molar-refractivity contribution in [3.63, 3.8) is 0 Å². The molecule has 0 saturated heterocycles. The van der Waals surface area contributed by atoms with Crippen molar-refractivity contribution in [2.24, 2.45) is 5.92 Å². The third kappa shape index (κ3) is 9.67. The second-order valence-electron chi connectivity index (χ2n) is 12.8. The lowest BCUT2D eigenvalue weighted by Gasteiger charge is -2.35. The zero-order chi connectivity index (χ0) is 36.6. The van der Waals surface area contributed by atoms with E-state index in [0.29, 0.717) is 41.7 Å². The number of sulfonamides is 1. The van der Waals surface area contributed by atoms with Crippen LogP contribution in [0.15, 0.2) is 51.9 Å². The minimum absolute atomic E-state index is 0.0235. The third-order valence-electron chi connectivity index (χ3n) is 8.74. The molecule has 1 aromatic heterocycles. The van der Waals surface area contributed by atoms with Crippen molar-refractivity contribution in [3.8, 4) is 11.5 Å². The molecule has 0 bridgehead atoms. The molecule has 0 spiro atoms. The van der Waals surface area contributed by atoms with Gasteiger partial charge in [-0.15, -0.1) is 0 Å². The Labute approximate surface area is 294 Å². The predicted molar refractivity (Wildman–Crippen MR) is 188 cm³/mol. The first-order valence-electron chi connectivity index (χ1n) is 16.7. The number of hydrogen-bond donors (Lipinski definition) is 3. The van der Waals surface area contributed by atoms with Crippen molar-refractivity contribution >= 4 is 33.3 Å². The van der Waals surface area contributed by atoms with E-state index in [0.717, 1.165) is 12.8 Å². The van der Waals surface area contributed by atoms with E-state index >= 15 is 0 Å². The smallest absolute Gasteiger partial charge is 0.321 e. The molecule has 0 fully saturated rings. The van der Waals surface area contributed by atoms with Gasteiger partial charge in [-0.25, -0.2) is 13.2 Å². The van der Waals surface area contributed by atoms with Crippen LogP contribution in [0, 0.1) is 19.8 Å². The maximum Gasteiger partial charge on any atom is 0.321 e. The minimum atomic E-state index is -4.01. The number of hydrogen-bond acceptors (Lipinski definition) is 10. The number of benzene rings is 2. The van der Waals surface area contributed by atoms with Crippen molar-refractivity contribution in [1.29, 1.82) is 0 Å². The average Bonchev–Trinajstić information content (AvgIpc) is 3.41. The van der Waals surface area contributed by atoms with Crippen LogP contribution in [0.4, 0.5) is 16.2 Å². The number of nitrogens with one attached hydrogen (secondary N) is 2. The summed E-state index contributed by atoms with van der Waals surface area (Å²) in [7, 11) is -0.849. The van der Waals surface area contributed by atoms with Crippen LogP contribution < -0.4 is 19.5 Å². The highest BCUT2D eigenvalue weighted by molar-refractivity contribution is 7.92. The van der Waals surface area contributed by atoms with Gasteiger partial charge in [-0.2, -0.15) is 0 Å². The van der Waals surface area contributed by atoms with Gasteiger partial charge in [0, 0.05) is 38.3 Å². The Morgan fingerprint density at radius 3 is 2.52 bits per heavy atom. The third-order valence-corrected chi connectivity index (χ3v) is 10.1. The summed E-state index contributed by atoms with van der Waals surface area (Å²) in [6, 6.07) is 9.58. The van der Waals surface area contributed by atoms with Gasteiger partial charge < -0.3 is 39.0 Å². The van der Waals surface area contributed by atoms with Crippen molar-refractivity contribution in [1.82, 2.24) is 15.0 Å². The van der Waals surface area contributed by atoms with Crippen LogP contribution >= 0.6 is 0 Å². The van der Waals surface area contributed by atoms with Crippen molar-refractivity contribution in [2.75, 3.05) is 50.5 Å². The fraction of sp³-hybridized carbons (Fsp3) is 0.514. The number of aliphatic hydroxyl groups excluding tert-OH is 1. The number of likely N-dealkylation sites (N-methyl/N-ethyl adjacent to an activating group) is 1. The lowest BCUT2D eigenvalue weighted by Crippen LogP contribution is -2.48. The largest absolute Gasteiger partial charge is 0.497 e. The molecule has 3 amide bonds. The number of ether oxygens (including phenoxy) is 3. The van der Waals surface area contributed by atoms with Crippen LogP contribution in [0.25, 0.3) is 0 Å². The molecule has 0 aliphatic carbocycles. The van der Waals surface area contributed by atoms with Gasteiger partial charge in [0.05, 0.1) is 42.4 Å². The minimum Gasteiger partial charge on any atom is -0.497 e. The lowest BCUT2D eigenvalue weighted by atomic mass is 10.0. The van der Waals surface area contributed by atoms with Gasteiger partial charge >= 0.3 is 6.03 Å². The molecule has 0 unspecified atom stereocenters. The summed E-state index contributed by atoms with van der Waals surface area (Å²) >= 11 is 0. The SMILES string of the molecule is COc1ccc(S(=O)(=O)Nc2ccc3c(c2)C(=O)N([C@@H](C)CO)C[C@@H](C)[C@H](CN(C)C(=O)Nc2c(C)noc2C)OCCCC[C@H](C)O3)cc1. The van der Waals surface area contributed by atoms with Crippen molar-refractivity contribution in [2.45, 2.75) is 77.0 Å². The number of nitrogens with zero attached hydrogens (tertiary/aromatic N) is 3. The highest BCUT2D eigenvalue weighted by Gasteiger charge is 2.31. The number of carbonyl (C=O) groups is 2. The first-order chi connectivity index (χ1) is 23.7. The summed E-state index contributed by atoms with van der Waals surface area (Å²) in [5.41, 5.74) is 1.39. The second-order valence-corrected chi connectivity index (χ2v) is 14.5. The monoisotopic (exact) mass is 715 g/mol. The molecular weight excluding hydrogens is 666 g/mol. The molecule has 2 heterocycles. The van der Waals surface area contributed by atoms with Crippen LogP contribution in [0.5, 0.6) is 11.5 Å². The predicted octanol–water partition coefficient (Wildman–Crippen LogP) is 5.06. The Morgan fingerprint density at radius 2 is 1.88 bits per heavy atom.